The van der Waals surface area contributed by atoms with E-state index in [2.05, 4.69) is 80.6 Å². The molecule has 0 spiro atoms. The highest BCUT2D eigenvalue weighted by Gasteiger charge is 2.35. The van der Waals surface area contributed by atoms with Crippen LogP contribution in [-0.2, 0) is 18.3 Å². The van der Waals surface area contributed by atoms with Crippen LogP contribution < -0.4 is 5.73 Å². The van der Waals surface area contributed by atoms with Crippen LogP contribution in [0.15, 0.2) is 72.3 Å². The van der Waals surface area contributed by atoms with Gasteiger partial charge in [-0.3, -0.25) is 0 Å². The van der Waals surface area contributed by atoms with Gasteiger partial charge in [-0.05, 0) is 51.8 Å². The molecule has 2 aliphatic rings. The van der Waals surface area contributed by atoms with Crippen molar-refractivity contribution in [2.24, 2.45) is 5.73 Å². The highest BCUT2D eigenvalue weighted by molar-refractivity contribution is 5.81. The lowest BCUT2D eigenvalue weighted by atomic mass is 9.81. The Labute approximate surface area is 155 Å². The molecule has 0 saturated heterocycles. The molecule has 2 aliphatic carbocycles. The van der Waals surface area contributed by atoms with Gasteiger partial charge in [0, 0.05) is 16.7 Å². The Bertz CT molecular complexity index is 1070. The van der Waals surface area contributed by atoms with Gasteiger partial charge in [-0.1, -0.05) is 80.6 Å². The lowest BCUT2D eigenvalue weighted by Crippen LogP contribution is -2.15. The minimum absolute atomic E-state index is 0.0561. The van der Waals surface area contributed by atoms with Crippen LogP contribution >= 0.6 is 0 Å². The molecule has 0 bridgehead atoms. The van der Waals surface area contributed by atoms with E-state index in [4.69, 9.17) is 5.73 Å². The second kappa shape index (κ2) is 5.35. The van der Waals surface area contributed by atoms with Gasteiger partial charge in [0.2, 0.25) is 0 Å². The van der Waals surface area contributed by atoms with Crippen LogP contribution in [0.25, 0.3) is 16.8 Å². The fraction of sp³-hybridized carbons (Fsp3) is 0.200. The minimum atomic E-state index is 0.0561. The Balaban J connectivity index is 1.53. The van der Waals surface area contributed by atoms with Crippen molar-refractivity contribution in [2.75, 3.05) is 0 Å². The third kappa shape index (κ3) is 2.10. The first-order valence-electron chi connectivity index (χ1n) is 9.35. The third-order valence-corrected chi connectivity index (χ3v) is 6.16. The Morgan fingerprint density at radius 3 is 2.31 bits per heavy atom. The molecular weight excluding hydrogens is 314 g/mol. The zero-order valence-corrected chi connectivity index (χ0v) is 15.3. The summed E-state index contributed by atoms with van der Waals surface area (Å²) < 4.78 is 0. The summed E-state index contributed by atoms with van der Waals surface area (Å²) in [5, 5.41) is 0. The zero-order valence-electron chi connectivity index (χ0n) is 15.3. The van der Waals surface area contributed by atoms with Gasteiger partial charge >= 0.3 is 0 Å². The van der Waals surface area contributed by atoms with Crippen LogP contribution in [0.1, 0.15) is 41.7 Å². The van der Waals surface area contributed by atoms with Crippen LogP contribution in [0.2, 0.25) is 0 Å². The highest BCUT2D eigenvalue weighted by Crippen LogP contribution is 2.48. The standard InChI is InChI=1S/C25H23N/c1-25(2)22-10-6-5-9-20(22)21-12-11-16(14-23(21)25)13-18-15-17-7-3-4-8-19(17)24(18)26/h3-12,14H,13,15,26H2,1-2H3. The molecule has 0 amide bonds. The first-order valence-corrected chi connectivity index (χ1v) is 9.35. The average molecular weight is 337 g/mol. The number of nitrogens with two attached hydrogens (primary N) is 1. The minimum Gasteiger partial charge on any atom is -0.398 e. The summed E-state index contributed by atoms with van der Waals surface area (Å²) in [6, 6.07) is 24.3. The van der Waals surface area contributed by atoms with Gasteiger partial charge in [-0.15, -0.1) is 0 Å². The summed E-state index contributed by atoms with van der Waals surface area (Å²) in [4.78, 5) is 0. The molecule has 2 N–H and O–H groups in total. The molecule has 0 heterocycles. The summed E-state index contributed by atoms with van der Waals surface area (Å²) in [5.74, 6) is 0. The van der Waals surface area contributed by atoms with Crippen molar-refractivity contribution in [1.82, 2.24) is 0 Å². The van der Waals surface area contributed by atoms with Gasteiger partial charge in [0.1, 0.15) is 0 Å². The zero-order chi connectivity index (χ0) is 17.9. The summed E-state index contributed by atoms with van der Waals surface area (Å²) in [5.41, 5.74) is 18.4. The molecule has 3 aromatic carbocycles. The first-order chi connectivity index (χ1) is 12.6. The maximum absolute atomic E-state index is 6.45. The van der Waals surface area contributed by atoms with E-state index >= 15 is 0 Å². The number of hydrogen-bond donors (Lipinski definition) is 1. The molecule has 1 nitrogen and oxygen atoms in total. The van der Waals surface area contributed by atoms with Gasteiger partial charge in [-0.25, -0.2) is 0 Å². The van der Waals surface area contributed by atoms with E-state index in [-0.39, 0.29) is 5.41 Å². The molecule has 0 radical (unpaired) electrons. The van der Waals surface area contributed by atoms with Crippen molar-refractivity contribution < 1.29 is 0 Å². The molecule has 3 aromatic rings. The summed E-state index contributed by atoms with van der Waals surface area (Å²) in [6.07, 6.45) is 1.91. The molecule has 128 valence electrons. The van der Waals surface area contributed by atoms with Crippen molar-refractivity contribution in [1.29, 1.82) is 0 Å². The maximum atomic E-state index is 6.45. The molecule has 0 unspecified atom stereocenters. The molecule has 5 rings (SSSR count). The first kappa shape index (κ1) is 15.5. The van der Waals surface area contributed by atoms with Crippen LogP contribution in [-0.4, -0.2) is 0 Å². The lowest BCUT2D eigenvalue weighted by Gasteiger charge is -2.22. The number of benzene rings is 3. The van der Waals surface area contributed by atoms with Gasteiger partial charge in [-0.2, -0.15) is 0 Å². The second-order valence-corrected chi connectivity index (χ2v) is 8.08. The average Bonchev–Trinajstić information content (AvgIpc) is 3.08. The largest absolute Gasteiger partial charge is 0.398 e. The van der Waals surface area contributed by atoms with E-state index in [0.29, 0.717) is 0 Å². The Morgan fingerprint density at radius 1 is 0.808 bits per heavy atom. The van der Waals surface area contributed by atoms with E-state index < -0.39 is 0 Å². The summed E-state index contributed by atoms with van der Waals surface area (Å²) in [6.45, 7) is 4.67. The molecular formula is C25H23N. The number of hydrogen-bond acceptors (Lipinski definition) is 1. The molecule has 1 heteroatoms. The van der Waals surface area contributed by atoms with Crippen LogP contribution in [0.5, 0.6) is 0 Å². The lowest BCUT2D eigenvalue weighted by molar-refractivity contribution is 0.659. The highest BCUT2D eigenvalue weighted by atomic mass is 14.6. The van der Waals surface area contributed by atoms with E-state index in [1.165, 1.54) is 44.5 Å². The van der Waals surface area contributed by atoms with Crippen molar-refractivity contribution in [3.05, 3.63) is 100 Å². The molecule has 0 aromatic heterocycles. The van der Waals surface area contributed by atoms with Crippen molar-refractivity contribution in [3.8, 4) is 11.1 Å². The third-order valence-electron chi connectivity index (χ3n) is 6.16. The van der Waals surface area contributed by atoms with Gasteiger partial charge in [0.15, 0.2) is 0 Å². The fourth-order valence-corrected chi connectivity index (χ4v) is 4.72. The van der Waals surface area contributed by atoms with E-state index in [1.54, 1.807) is 0 Å². The molecule has 26 heavy (non-hydrogen) atoms. The molecule has 0 atom stereocenters. The predicted molar refractivity (Wildman–Crippen MR) is 109 cm³/mol. The van der Waals surface area contributed by atoms with Crippen LogP contribution in [0, 0.1) is 0 Å². The quantitative estimate of drug-likeness (QED) is 0.660. The Hall–Kier alpha value is -2.80. The van der Waals surface area contributed by atoms with Gasteiger partial charge in [0.25, 0.3) is 0 Å². The smallest absolute Gasteiger partial charge is 0.0389 e. The molecule has 0 fully saturated rings. The van der Waals surface area contributed by atoms with Crippen molar-refractivity contribution in [3.63, 3.8) is 0 Å². The summed E-state index contributed by atoms with van der Waals surface area (Å²) >= 11 is 0. The van der Waals surface area contributed by atoms with Crippen molar-refractivity contribution in [2.45, 2.75) is 32.1 Å². The van der Waals surface area contributed by atoms with Gasteiger partial charge < -0.3 is 5.73 Å². The second-order valence-electron chi connectivity index (χ2n) is 8.08. The monoisotopic (exact) mass is 337 g/mol. The van der Waals surface area contributed by atoms with E-state index in [9.17, 15) is 0 Å². The predicted octanol–water partition coefficient (Wildman–Crippen LogP) is 5.46. The Kier molecular flexibility index (Phi) is 3.18. The summed E-state index contributed by atoms with van der Waals surface area (Å²) in [7, 11) is 0. The van der Waals surface area contributed by atoms with Gasteiger partial charge in [0.05, 0.1) is 0 Å². The molecule has 0 saturated carbocycles. The van der Waals surface area contributed by atoms with Crippen LogP contribution in [0.4, 0.5) is 0 Å². The maximum Gasteiger partial charge on any atom is 0.0389 e. The SMILES string of the molecule is CC1(C)c2ccccc2-c2ccc(CC3=C(N)c4ccccc4C3)cc21. The van der Waals surface area contributed by atoms with E-state index in [0.717, 1.165) is 18.5 Å². The van der Waals surface area contributed by atoms with Crippen LogP contribution in [0.3, 0.4) is 0 Å². The molecule has 0 aliphatic heterocycles. The van der Waals surface area contributed by atoms with Crippen molar-refractivity contribution >= 4 is 5.70 Å². The Morgan fingerprint density at radius 2 is 1.50 bits per heavy atom. The number of rotatable bonds is 2. The van der Waals surface area contributed by atoms with E-state index in [1.807, 2.05) is 0 Å². The number of allylic oxidation sites excluding steroid dienone is 1. The fourth-order valence-electron chi connectivity index (χ4n) is 4.72. The topological polar surface area (TPSA) is 26.0 Å². The normalized spacial score (nSPS) is 16.4. The number of fused-ring (bicyclic) bond motifs is 4.